The van der Waals surface area contributed by atoms with Crippen LogP contribution < -0.4 is 10.6 Å². The van der Waals surface area contributed by atoms with Gasteiger partial charge < -0.3 is 19.8 Å². The van der Waals surface area contributed by atoms with Gasteiger partial charge in [0.25, 0.3) is 11.7 Å². The van der Waals surface area contributed by atoms with Crippen LogP contribution >= 0.6 is 11.3 Å². The third-order valence-corrected chi connectivity index (χ3v) is 5.61. The third kappa shape index (κ3) is 2.18. The molecular weight excluding hydrogens is 346 g/mol. The van der Waals surface area contributed by atoms with Crippen LogP contribution in [0.4, 0.5) is 16.8 Å². The SMILES string of the molecule is Nc1nc2c(s1)[C@@H]1COC[C@H](C2)N1c1nc2cc([N+](=O)[O-])ccc2o1. The van der Waals surface area contributed by atoms with E-state index in [1.165, 1.54) is 23.5 Å². The first-order valence-electron chi connectivity index (χ1n) is 7.76. The highest BCUT2D eigenvalue weighted by molar-refractivity contribution is 7.15. The van der Waals surface area contributed by atoms with Crippen LogP contribution in [0.2, 0.25) is 0 Å². The highest BCUT2D eigenvalue weighted by Crippen LogP contribution is 2.43. The second-order valence-corrected chi connectivity index (χ2v) is 7.15. The van der Waals surface area contributed by atoms with Gasteiger partial charge >= 0.3 is 0 Å². The molecular formula is C15H13N5O4S. The van der Waals surface area contributed by atoms with Crippen molar-refractivity contribution in [3.05, 3.63) is 38.9 Å². The number of nitrogens with zero attached hydrogens (tertiary/aromatic N) is 4. The van der Waals surface area contributed by atoms with Gasteiger partial charge in [-0.1, -0.05) is 11.3 Å². The van der Waals surface area contributed by atoms with E-state index in [4.69, 9.17) is 14.9 Å². The highest BCUT2D eigenvalue weighted by Gasteiger charge is 2.42. The Morgan fingerprint density at radius 1 is 1.36 bits per heavy atom. The average molecular weight is 359 g/mol. The lowest BCUT2D eigenvalue weighted by molar-refractivity contribution is -0.384. The maximum absolute atomic E-state index is 11.0. The number of rotatable bonds is 2. The molecule has 0 saturated carbocycles. The van der Waals surface area contributed by atoms with Crippen molar-refractivity contribution in [1.29, 1.82) is 0 Å². The Hall–Kier alpha value is -2.72. The van der Waals surface area contributed by atoms with Gasteiger partial charge in [-0.05, 0) is 6.07 Å². The van der Waals surface area contributed by atoms with Gasteiger partial charge in [0.1, 0.15) is 5.52 Å². The van der Waals surface area contributed by atoms with Crippen molar-refractivity contribution >= 4 is 39.3 Å². The Morgan fingerprint density at radius 3 is 3.08 bits per heavy atom. The van der Waals surface area contributed by atoms with Crippen LogP contribution in [-0.4, -0.2) is 34.1 Å². The number of hydrogen-bond acceptors (Lipinski definition) is 9. The van der Waals surface area contributed by atoms with Gasteiger partial charge in [0.15, 0.2) is 10.7 Å². The molecule has 1 aromatic carbocycles. The molecule has 3 aromatic rings. The van der Waals surface area contributed by atoms with E-state index in [1.54, 1.807) is 6.07 Å². The quantitative estimate of drug-likeness (QED) is 0.546. The lowest BCUT2D eigenvalue weighted by Gasteiger charge is -2.43. The summed E-state index contributed by atoms with van der Waals surface area (Å²) < 4.78 is 11.6. The zero-order chi connectivity index (χ0) is 17.1. The predicted octanol–water partition coefficient (Wildman–Crippen LogP) is 2.28. The first-order valence-corrected chi connectivity index (χ1v) is 8.58. The van der Waals surface area contributed by atoms with E-state index in [9.17, 15) is 10.1 Å². The maximum atomic E-state index is 11.0. The van der Waals surface area contributed by atoms with Crippen molar-refractivity contribution in [3.8, 4) is 0 Å². The minimum atomic E-state index is -0.441. The van der Waals surface area contributed by atoms with Crippen molar-refractivity contribution in [2.75, 3.05) is 23.8 Å². The molecule has 9 nitrogen and oxygen atoms in total. The van der Waals surface area contributed by atoms with E-state index in [-0.39, 0.29) is 17.8 Å². The van der Waals surface area contributed by atoms with Crippen LogP contribution in [0.5, 0.6) is 0 Å². The number of aromatic nitrogens is 2. The highest BCUT2D eigenvalue weighted by atomic mass is 32.1. The van der Waals surface area contributed by atoms with Gasteiger partial charge in [0, 0.05) is 18.6 Å². The summed E-state index contributed by atoms with van der Waals surface area (Å²) in [5.74, 6) is 0. The molecule has 4 heterocycles. The topological polar surface area (TPSA) is 121 Å². The number of morpholine rings is 1. The smallest absolute Gasteiger partial charge is 0.299 e. The number of nitrogen functional groups attached to an aromatic ring is 1. The Morgan fingerprint density at radius 2 is 2.24 bits per heavy atom. The summed E-state index contributed by atoms with van der Waals surface area (Å²) in [5.41, 5.74) is 7.88. The fraction of sp³-hybridized carbons (Fsp3) is 0.333. The fourth-order valence-corrected chi connectivity index (χ4v) is 4.47. The number of fused-ring (bicyclic) bond motifs is 5. The minimum absolute atomic E-state index is 0.00737. The molecule has 0 spiro atoms. The molecule has 2 aliphatic rings. The standard InChI is InChI=1S/C15H13N5O4S/c16-14-17-10-4-8-5-23-6-11(13(10)25-14)19(8)15-18-9-3-7(20(21)22)1-2-12(9)24-15/h1-3,8,11H,4-6H2,(H2,16,17)/t8-,11-/m0/s1. The van der Waals surface area contributed by atoms with Gasteiger partial charge in [0.2, 0.25) is 0 Å². The largest absolute Gasteiger partial charge is 0.423 e. The molecule has 2 bridgehead atoms. The Bertz CT molecular complexity index is 999. The summed E-state index contributed by atoms with van der Waals surface area (Å²) >= 11 is 1.46. The number of thiazole rings is 1. The predicted molar refractivity (Wildman–Crippen MR) is 90.7 cm³/mol. The summed E-state index contributed by atoms with van der Waals surface area (Å²) in [7, 11) is 0. The van der Waals surface area contributed by atoms with Crippen LogP contribution in [-0.2, 0) is 11.2 Å². The molecule has 0 amide bonds. The number of hydrogen-bond donors (Lipinski definition) is 1. The second-order valence-electron chi connectivity index (χ2n) is 6.09. The molecule has 10 heteroatoms. The first-order chi connectivity index (χ1) is 12.1. The Labute approximate surface area is 145 Å². The number of nitro benzene ring substituents is 1. The monoisotopic (exact) mass is 359 g/mol. The lowest BCUT2D eigenvalue weighted by atomic mass is 9.97. The van der Waals surface area contributed by atoms with E-state index < -0.39 is 4.92 Å². The summed E-state index contributed by atoms with van der Waals surface area (Å²) in [6, 6.07) is 4.87. The molecule has 2 atom stereocenters. The first kappa shape index (κ1) is 14.6. The number of nitrogens with two attached hydrogens (primary N) is 1. The summed E-state index contributed by atoms with van der Waals surface area (Å²) in [5, 5.41) is 11.5. The average Bonchev–Trinajstić information content (AvgIpc) is 3.16. The number of non-ortho nitro benzene ring substituents is 1. The molecule has 5 rings (SSSR count). The molecule has 1 saturated heterocycles. The van der Waals surface area contributed by atoms with Crippen molar-refractivity contribution in [3.63, 3.8) is 0 Å². The van der Waals surface area contributed by atoms with Crippen LogP contribution in [0.25, 0.3) is 11.1 Å². The summed E-state index contributed by atoms with van der Waals surface area (Å²) in [4.78, 5) is 22.6. The van der Waals surface area contributed by atoms with Crippen LogP contribution in [0.1, 0.15) is 16.6 Å². The van der Waals surface area contributed by atoms with E-state index in [0.29, 0.717) is 41.9 Å². The van der Waals surface area contributed by atoms with Crippen LogP contribution in [0, 0.1) is 10.1 Å². The van der Waals surface area contributed by atoms with Gasteiger partial charge in [-0.3, -0.25) is 10.1 Å². The zero-order valence-electron chi connectivity index (χ0n) is 12.9. The van der Waals surface area contributed by atoms with Crippen LogP contribution in [0.15, 0.2) is 22.6 Å². The number of oxazole rings is 1. The summed E-state index contributed by atoms with van der Waals surface area (Å²) in [6.45, 7) is 1.05. The lowest BCUT2D eigenvalue weighted by Crippen LogP contribution is -2.51. The molecule has 0 radical (unpaired) electrons. The van der Waals surface area contributed by atoms with Crippen LogP contribution in [0.3, 0.4) is 0 Å². The normalized spacial score (nSPS) is 22.2. The third-order valence-electron chi connectivity index (χ3n) is 4.58. The van der Waals surface area contributed by atoms with E-state index >= 15 is 0 Å². The van der Waals surface area contributed by atoms with E-state index in [2.05, 4.69) is 14.9 Å². The number of ether oxygens (including phenoxy) is 1. The van der Waals surface area contributed by atoms with E-state index in [1.807, 2.05) is 0 Å². The molecule has 2 N–H and O–H groups in total. The molecule has 0 unspecified atom stereocenters. The van der Waals surface area contributed by atoms with Gasteiger partial charge in [0.05, 0.1) is 40.8 Å². The molecule has 2 aliphatic heterocycles. The zero-order valence-corrected chi connectivity index (χ0v) is 13.7. The molecule has 1 fully saturated rings. The number of anilines is 2. The fourth-order valence-electron chi connectivity index (χ4n) is 3.52. The Balaban J connectivity index is 1.60. The second kappa shape index (κ2) is 5.14. The number of nitro groups is 1. The molecule has 128 valence electrons. The number of benzene rings is 1. The maximum Gasteiger partial charge on any atom is 0.299 e. The van der Waals surface area contributed by atoms with Crippen molar-refractivity contribution in [2.45, 2.75) is 18.5 Å². The van der Waals surface area contributed by atoms with Gasteiger partial charge in [-0.2, -0.15) is 4.98 Å². The van der Waals surface area contributed by atoms with Gasteiger partial charge in [-0.15, -0.1) is 0 Å². The van der Waals surface area contributed by atoms with Gasteiger partial charge in [-0.25, -0.2) is 4.98 Å². The molecule has 0 aliphatic carbocycles. The Kier molecular flexibility index (Phi) is 3.00. The minimum Gasteiger partial charge on any atom is -0.423 e. The van der Waals surface area contributed by atoms with Crippen molar-refractivity contribution in [1.82, 2.24) is 9.97 Å². The van der Waals surface area contributed by atoms with E-state index in [0.717, 1.165) is 10.6 Å². The van der Waals surface area contributed by atoms with Crippen molar-refractivity contribution in [2.24, 2.45) is 0 Å². The van der Waals surface area contributed by atoms with Crippen molar-refractivity contribution < 1.29 is 14.1 Å². The molecule has 2 aromatic heterocycles. The molecule has 25 heavy (non-hydrogen) atoms. The summed E-state index contributed by atoms with van der Waals surface area (Å²) in [6.07, 6.45) is 0.707.